The van der Waals surface area contributed by atoms with E-state index < -0.39 is 5.91 Å². The second-order valence-electron chi connectivity index (χ2n) is 4.46. The second kappa shape index (κ2) is 6.36. The fourth-order valence-corrected chi connectivity index (χ4v) is 3.44. The molecule has 106 valence electrons. The number of fused-ring (bicyclic) bond motifs is 1. The number of nitrogens with two attached hydrogens (primary N) is 1. The molecule has 0 saturated heterocycles. The maximum atomic E-state index is 11.6. The molecule has 0 bridgehead atoms. The molecule has 0 aliphatic carbocycles. The summed E-state index contributed by atoms with van der Waals surface area (Å²) in [7, 11) is 2.04. The molecule has 1 aliphatic rings. The maximum Gasteiger partial charge on any atom is 0.251 e. The zero-order chi connectivity index (χ0) is 13.3. The van der Waals surface area contributed by atoms with Gasteiger partial charge in [0, 0.05) is 24.4 Å². The van der Waals surface area contributed by atoms with Gasteiger partial charge in [-0.3, -0.25) is 9.59 Å². The predicted octanol–water partition coefficient (Wildman–Crippen LogP) is 1.61. The van der Waals surface area contributed by atoms with Gasteiger partial charge >= 0.3 is 0 Å². The number of rotatable bonds is 3. The molecule has 7 heteroatoms. The zero-order valence-electron chi connectivity index (χ0n) is 11.0. The third-order valence-electron chi connectivity index (χ3n) is 3.07. The molecule has 0 aromatic carbocycles. The van der Waals surface area contributed by atoms with Crippen molar-refractivity contribution in [3.8, 4) is 0 Å². The molecule has 1 aromatic rings. The third-order valence-corrected chi connectivity index (χ3v) is 4.20. The average molecular weight is 304 g/mol. The lowest BCUT2D eigenvalue weighted by Gasteiger charge is -2.22. The number of amides is 2. The molecule has 1 aliphatic heterocycles. The highest BCUT2D eigenvalue weighted by atomic mass is 35.5. The Balaban J connectivity index is 0.00000180. The van der Waals surface area contributed by atoms with Crippen LogP contribution in [0.4, 0.5) is 5.00 Å². The lowest BCUT2D eigenvalue weighted by Crippen LogP contribution is -2.27. The van der Waals surface area contributed by atoms with Gasteiger partial charge in [0.25, 0.3) is 5.91 Å². The number of halogens is 1. The molecule has 0 fully saturated rings. The van der Waals surface area contributed by atoms with Crippen molar-refractivity contribution < 1.29 is 9.59 Å². The van der Waals surface area contributed by atoms with Crippen molar-refractivity contribution in [3.63, 3.8) is 0 Å². The quantitative estimate of drug-likeness (QED) is 0.890. The van der Waals surface area contributed by atoms with E-state index in [1.807, 2.05) is 7.05 Å². The number of likely N-dealkylation sites (N-methyl/N-ethyl adjacent to an activating group) is 1. The summed E-state index contributed by atoms with van der Waals surface area (Å²) in [6.45, 7) is 3.49. The van der Waals surface area contributed by atoms with E-state index in [0.717, 1.165) is 30.0 Å². The highest BCUT2D eigenvalue weighted by Crippen LogP contribution is 2.36. The molecule has 0 spiro atoms. The van der Waals surface area contributed by atoms with Crippen LogP contribution in [0.25, 0.3) is 0 Å². The lowest BCUT2D eigenvalue weighted by atomic mass is 10.0. The summed E-state index contributed by atoms with van der Waals surface area (Å²) in [6, 6.07) is 0. The number of nitrogens with one attached hydrogen (secondary N) is 1. The Morgan fingerprint density at radius 2 is 2.16 bits per heavy atom. The van der Waals surface area contributed by atoms with Gasteiger partial charge in [-0.25, -0.2) is 0 Å². The second-order valence-corrected chi connectivity index (χ2v) is 5.57. The minimum Gasteiger partial charge on any atom is -0.365 e. The summed E-state index contributed by atoms with van der Waals surface area (Å²) in [5, 5.41) is 3.38. The SMILES string of the molecule is CCC(=O)Nc1sc2c(c1C(N)=O)CCN(C)C2.Cl. The van der Waals surface area contributed by atoms with Gasteiger partial charge in [-0.1, -0.05) is 6.92 Å². The number of anilines is 1. The van der Waals surface area contributed by atoms with E-state index in [1.54, 1.807) is 6.92 Å². The van der Waals surface area contributed by atoms with E-state index in [1.165, 1.54) is 11.3 Å². The zero-order valence-corrected chi connectivity index (χ0v) is 12.6. The van der Waals surface area contributed by atoms with Crippen LogP contribution < -0.4 is 11.1 Å². The normalized spacial score (nSPS) is 14.4. The molecule has 19 heavy (non-hydrogen) atoms. The number of nitrogens with zero attached hydrogens (tertiary/aromatic N) is 1. The molecule has 2 rings (SSSR count). The molecule has 0 saturated carbocycles. The van der Waals surface area contributed by atoms with E-state index in [0.29, 0.717) is 17.0 Å². The van der Waals surface area contributed by atoms with Crippen LogP contribution in [0, 0.1) is 0 Å². The number of carbonyl (C=O) groups is 2. The van der Waals surface area contributed by atoms with Crippen molar-refractivity contribution >= 4 is 40.6 Å². The van der Waals surface area contributed by atoms with Crippen molar-refractivity contribution in [1.29, 1.82) is 0 Å². The van der Waals surface area contributed by atoms with E-state index >= 15 is 0 Å². The summed E-state index contributed by atoms with van der Waals surface area (Å²) >= 11 is 1.46. The van der Waals surface area contributed by atoms with E-state index in [4.69, 9.17) is 5.73 Å². The average Bonchev–Trinajstić information content (AvgIpc) is 2.65. The molecule has 0 atom stereocenters. The molecule has 0 radical (unpaired) electrons. The van der Waals surface area contributed by atoms with Gasteiger partial charge in [-0.2, -0.15) is 0 Å². The van der Waals surface area contributed by atoms with Crippen molar-refractivity contribution in [2.45, 2.75) is 26.3 Å². The van der Waals surface area contributed by atoms with Gasteiger partial charge in [0.1, 0.15) is 5.00 Å². The molecule has 2 amide bonds. The molecule has 2 heterocycles. The molecule has 5 nitrogen and oxygen atoms in total. The fraction of sp³-hybridized carbons (Fsp3) is 0.500. The van der Waals surface area contributed by atoms with Crippen LogP contribution in [-0.4, -0.2) is 30.3 Å². The Hall–Kier alpha value is -1.11. The van der Waals surface area contributed by atoms with Gasteiger partial charge in [0.2, 0.25) is 5.91 Å². The van der Waals surface area contributed by atoms with Gasteiger partial charge in [0.05, 0.1) is 5.56 Å². The van der Waals surface area contributed by atoms with E-state index in [-0.39, 0.29) is 18.3 Å². The first-order valence-electron chi connectivity index (χ1n) is 5.95. The number of thiophene rings is 1. The van der Waals surface area contributed by atoms with Crippen LogP contribution in [0.1, 0.15) is 34.1 Å². The Bertz CT molecular complexity index is 501. The molecule has 0 unspecified atom stereocenters. The van der Waals surface area contributed by atoms with Crippen molar-refractivity contribution in [1.82, 2.24) is 4.90 Å². The van der Waals surface area contributed by atoms with Crippen molar-refractivity contribution in [3.05, 3.63) is 16.0 Å². The first kappa shape index (κ1) is 15.9. The topological polar surface area (TPSA) is 75.4 Å². The standard InChI is InChI=1S/C12H17N3O2S.ClH/c1-3-9(16)14-12-10(11(13)17)7-4-5-15(2)6-8(7)18-12;/h3-6H2,1-2H3,(H2,13,17)(H,14,16);1H. The number of hydrogen-bond acceptors (Lipinski definition) is 4. The number of carbonyl (C=O) groups excluding carboxylic acids is 2. The minimum atomic E-state index is -0.455. The van der Waals surface area contributed by atoms with E-state index in [9.17, 15) is 9.59 Å². The number of hydrogen-bond donors (Lipinski definition) is 2. The van der Waals surface area contributed by atoms with Crippen LogP contribution >= 0.6 is 23.7 Å². The van der Waals surface area contributed by atoms with Crippen LogP contribution in [0.15, 0.2) is 0 Å². The molecular weight excluding hydrogens is 286 g/mol. The lowest BCUT2D eigenvalue weighted by molar-refractivity contribution is -0.115. The first-order valence-corrected chi connectivity index (χ1v) is 6.77. The van der Waals surface area contributed by atoms with Crippen LogP contribution in [0.2, 0.25) is 0 Å². The Labute approximate surface area is 122 Å². The monoisotopic (exact) mass is 303 g/mol. The molecular formula is C12H18ClN3O2S. The summed E-state index contributed by atoms with van der Waals surface area (Å²) in [5.41, 5.74) is 6.95. The van der Waals surface area contributed by atoms with Crippen LogP contribution in [0.5, 0.6) is 0 Å². The fourth-order valence-electron chi connectivity index (χ4n) is 2.09. The summed E-state index contributed by atoms with van der Waals surface area (Å²) in [5.74, 6) is -0.548. The van der Waals surface area contributed by atoms with Crippen molar-refractivity contribution in [2.75, 3.05) is 18.9 Å². The highest BCUT2D eigenvalue weighted by Gasteiger charge is 2.26. The maximum absolute atomic E-state index is 11.6. The largest absolute Gasteiger partial charge is 0.365 e. The first-order chi connectivity index (χ1) is 8.52. The number of primary amides is 1. The molecule has 1 aromatic heterocycles. The van der Waals surface area contributed by atoms with E-state index in [2.05, 4.69) is 10.2 Å². The van der Waals surface area contributed by atoms with Crippen LogP contribution in [-0.2, 0) is 17.8 Å². The highest BCUT2D eigenvalue weighted by molar-refractivity contribution is 7.17. The third kappa shape index (κ3) is 3.26. The summed E-state index contributed by atoms with van der Waals surface area (Å²) in [6.07, 6.45) is 1.20. The van der Waals surface area contributed by atoms with Gasteiger partial charge in [-0.05, 0) is 19.0 Å². The molecule has 3 N–H and O–H groups in total. The minimum absolute atomic E-state index is 0. The predicted molar refractivity (Wildman–Crippen MR) is 79.0 cm³/mol. The van der Waals surface area contributed by atoms with Crippen LogP contribution in [0.3, 0.4) is 0 Å². The Morgan fingerprint density at radius 1 is 1.47 bits per heavy atom. The Morgan fingerprint density at radius 3 is 2.74 bits per heavy atom. The van der Waals surface area contributed by atoms with Gasteiger partial charge in [-0.15, -0.1) is 23.7 Å². The summed E-state index contributed by atoms with van der Waals surface area (Å²) in [4.78, 5) is 26.4. The van der Waals surface area contributed by atoms with Gasteiger partial charge in [0.15, 0.2) is 0 Å². The smallest absolute Gasteiger partial charge is 0.251 e. The van der Waals surface area contributed by atoms with Crippen molar-refractivity contribution in [2.24, 2.45) is 5.73 Å². The Kier molecular flexibility index (Phi) is 5.34. The van der Waals surface area contributed by atoms with Gasteiger partial charge < -0.3 is 16.0 Å². The summed E-state index contributed by atoms with van der Waals surface area (Å²) < 4.78 is 0.